The molecule has 0 heterocycles. The number of rotatable bonds is 5. The molecular weight excluding hydrogens is 470 g/mol. The van der Waals surface area contributed by atoms with E-state index in [2.05, 4.69) is 45.0 Å². The van der Waals surface area contributed by atoms with Crippen LogP contribution >= 0.6 is 0 Å². The molecule has 4 aliphatic rings. The quantitative estimate of drug-likeness (QED) is 0.214. The zero-order chi connectivity index (χ0) is 26.8. The highest BCUT2D eigenvalue weighted by atomic mass is 16.5. The van der Waals surface area contributed by atoms with Gasteiger partial charge in [-0.25, -0.2) is 0 Å². The van der Waals surface area contributed by atoms with Crippen LogP contribution in [0.3, 0.4) is 0 Å². The minimum absolute atomic E-state index is 0.178. The highest BCUT2D eigenvalue weighted by molar-refractivity contribution is 5.84. The SMILES string of the molecule is CC(=O)Oc1ccc(-c2ccc(C=Nc3cc(C45CC6(C)CC(C)(CC(C)(C6)C4)C5)ccc3O)cc2)cc1. The van der Waals surface area contributed by atoms with E-state index in [1.165, 1.54) is 51.0 Å². The number of phenolic OH excluding ortho intramolecular Hbond substituents is 1. The molecule has 0 saturated heterocycles. The van der Waals surface area contributed by atoms with E-state index in [-0.39, 0.29) is 17.1 Å². The third-order valence-electron chi connectivity index (χ3n) is 9.16. The maximum Gasteiger partial charge on any atom is 0.308 e. The van der Waals surface area contributed by atoms with Crippen molar-refractivity contribution in [2.75, 3.05) is 0 Å². The summed E-state index contributed by atoms with van der Waals surface area (Å²) >= 11 is 0. The van der Waals surface area contributed by atoms with Gasteiger partial charge in [-0.1, -0.05) is 63.2 Å². The minimum atomic E-state index is -0.325. The number of aliphatic imine (C=N–C) groups is 1. The fourth-order valence-corrected chi connectivity index (χ4v) is 9.34. The average Bonchev–Trinajstić information content (AvgIpc) is 2.81. The molecule has 3 aromatic carbocycles. The van der Waals surface area contributed by atoms with Crippen molar-refractivity contribution in [2.45, 2.75) is 71.6 Å². The molecule has 0 radical (unpaired) electrons. The first kappa shape index (κ1) is 24.9. The maximum atomic E-state index is 11.1. The molecule has 4 bridgehead atoms. The Morgan fingerprint density at radius 3 is 1.84 bits per heavy atom. The van der Waals surface area contributed by atoms with Gasteiger partial charge in [0.25, 0.3) is 0 Å². The van der Waals surface area contributed by atoms with Crippen molar-refractivity contribution in [2.24, 2.45) is 21.2 Å². The van der Waals surface area contributed by atoms with Gasteiger partial charge >= 0.3 is 5.97 Å². The van der Waals surface area contributed by atoms with Gasteiger partial charge in [0.2, 0.25) is 0 Å². The van der Waals surface area contributed by atoms with Gasteiger partial charge < -0.3 is 9.84 Å². The molecule has 0 unspecified atom stereocenters. The topological polar surface area (TPSA) is 58.9 Å². The van der Waals surface area contributed by atoms with Crippen molar-refractivity contribution in [1.82, 2.24) is 0 Å². The number of carbonyl (C=O) groups excluding carboxylic acids is 1. The van der Waals surface area contributed by atoms with Crippen LogP contribution in [0.15, 0.2) is 71.7 Å². The number of benzene rings is 3. The molecule has 1 N–H and O–H groups in total. The summed E-state index contributed by atoms with van der Waals surface area (Å²) in [6.07, 6.45) is 9.57. The second kappa shape index (κ2) is 8.56. The third-order valence-corrected chi connectivity index (χ3v) is 9.16. The smallest absolute Gasteiger partial charge is 0.308 e. The zero-order valence-electron chi connectivity index (χ0n) is 22.9. The Morgan fingerprint density at radius 1 is 0.789 bits per heavy atom. The predicted octanol–water partition coefficient (Wildman–Crippen LogP) is 8.37. The molecule has 4 nitrogen and oxygen atoms in total. The second-order valence-electron chi connectivity index (χ2n) is 13.5. The molecule has 0 aromatic heterocycles. The molecule has 0 aliphatic heterocycles. The standard InChI is InChI=1S/C34H37NO3/c1-23(36)38-28-12-9-26(10-13-28)25-7-5-24(6-8-25)16-35-29-15-27(11-14-30(29)37)34-20-31(2)17-32(3,21-34)19-33(4,18-31)22-34/h5-16,37H,17-22H2,1-4H3. The summed E-state index contributed by atoms with van der Waals surface area (Å²) < 4.78 is 5.12. The first-order valence-corrected chi connectivity index (χ1v) is 13.7. The van der Waals surface area contributed by atoms with Crippen LogP contribution in [0.2, 0.25) is 0 Å². The summed E-state index contributed by atoms with van der Waals surface area (Å²) in [6.45, 7) is 8.92. The maximum absolute atomic E-state index is 11.1. The molecule has 4 heteroatoms. The lowest BCUT2D eigenvalue weighted by Crippen LogP contribution is -2.60. The number of ether oxygens (including phenoxy) is 1. The van der Waals surface area contributed by atoms with E-state index in [0.717, 1.165) is 16.7 Å². The monoisotopic (exact) mass is 507 g/mol. The number of hydrogen-bond acceptors (Lipinski definition) is 4. The Morgan fingerprint density at radius 2 is 1.32 bits per heavy atom. The molecule has 4 aliphatic carbocycles. The third kappa shape index (κ3) is 4.55. The van der Waals surface area contributed by atoms with Crippen LogP contribution < -0.4 is 4.74 Å². The first-order valence-electron chi connectivity index (χ1n) is 13.7. The van der Waals surface area contributed by atoms with Crippen LogP contribution in [0.5, 0.6) is 11.5 Å². The highest BCUT2D eigenvalue weighted by Gasteiger charge is 2.64. The Hall–Kier alpha value is -3.40. The molecular formula is C34H37NO3. The number of hydrogen-bond donors (Lipinski definition) is 1. The predicted molar refractivity (Wildman–Crippen MR) is 152 cm³/mol. The highest BCUT2D eigenvalue weighted by Crippen LogP contribution is 2.73. The number of esters is 1. The van der Waals surface area contributed by atoms with Gasteiger partial charge in [0.15, 0.2) is 0 Å². The van der Waals surface area contributed by atoms with E-state index in [0.29, 0.717) is 27.7 Å². The van der Waals surface area contributed by atoms with Crippen molar-refractivity contribution in [3.63, 3.8) is 0 Å². The zero-order valence-corrected chi connectivity index (χ0v) is 22.9. The Bertz CT molecular complexity index is 1370. The van der Waals surface area contributed by atoms with Crippen molar-refractivity contribution in [1.29, 1.82) is 0 Å². The molecule has 7 rings (SSSR count). The van der Waals surface area contributed by atoms with Crippen LogP contribution in [0.1, 0.15) is 77.3 Å². The molecule has 0 spiro atoms. The second-order valence-corrected chi connectivity index (χ2v) is 13.5. The molecule has 38 heavy (non-hydrogen) atoms. The van der Waals surface area contributed by atoms with E-state index in [1.54, 1.807) is 12.1 Å². The Labute approximate surface area is 225 Å². The van der Waals surface area contributed by atoms with Gasteiger partial charge in [-0.3, -0.25) is 9.79 Å². The summed E-state index contributed by atoms with van der Waals surface area (Å²) in [4.78, 5) is 15.9. The summed E-state index contributed by atoms with van der Waals surface area (Å²) in [7, 11) is 0. The molecule has 0 atom stereocenters. The Balaban J connectivity index is 1.23. The van der Waals surface area contributed by atoms with Gasteiger partial charge in [-0.15, -0.1) is 0 Å². The van der Waals surface area contributed by atoms with Crippen molar-refractivity contribution in [3.8, 4) is 22.6 Å². The van der Waals surface area contributed by atoms with E-state index in [1.807, 2.05) is 36.5 Å². The van der Waals surface area contributed by atoms with Gasteiger partial charge in [0.05, 0.1) is 0 Å². The number of aromatic hydroxyl groups is 1. The number of phenols is 1. The van der Waals surface area contributed by atoms with Crippen LogP contribution in [-0.4, -0.2) is 17.3 Å². The van der Waals surface area contributed by atoms with Gasteiger partial charge in [0, 0.05) is 13.1 Å². The van der Waals surface area contributed by atoms with Gasteiger partial charge in [-0.2, -0.15) is 0 Å². The molecule has 3 aromatic rings. The van der Waals surface area contributed by atoms with Crippen LogP contribution in [-0.2, 0) is 10.2 Å². The van der Waals surface area contributed by atoms with E-state index in [4.69, 9.17) is 9.73 Å². The lowest BCUT2D eigenvalue weighted by molar-refractivity contribution is -0.152. The van der Waals surface area contributed by atoms with Crippen molar-refractivity contribution < 1.29 is 14.6 Å². The molecule has 4 fully saturated rings. The van der Waals surface area contributed by atoms with E-state index >= 15 is 0 Å². The number of nitrogens with zero attached hydrogens (tertiary/aromatic N) is 1. The molecule has 0 amide bonds. The van der Waals surface area contributed by atoms with Crippen molar-refractivity contribution >= 4 is 17.9 Å². The summed E-state index contributed by atoms with van der Waals surface area (Å²) in [5.41, 5.74) is 6.46. The largest absolute Gasteiger partial charge is 0.506 e. The van der Waals surface area contributed by atoms with E-state index < -0.39 is 0 Å². The van der Waals surface area contributed by atoms with Crippen LogP contribution in [0.25, 0.3) is 11.1 Å². The molecule has 4 saturated carbocycles. The van der Waals surface area contributed by atoms with Crippen LogP contribution in [0, 0.1) is 16.2 Å². The van der Waals surface area contributed by atoms with Gasteiger partial charge in [0.1, 0.15) is 17.2 Å². The minimum Gasteiger partial charge on any atom is -0.506 e. The lowest BCUT2D eigenvalue weighted by Gasteiger charge is -2.69. The fraction of sp³-hybridized carbons (Fsp3) is 0.412. The fourth-order valence-electron chi connectivity index (χ4n) is 9.34. The normalized spacial score (nSPS) is 31.6. The summed E-state index contributed by atoms with van der Waals surface area (Å²) in [5.74, 6) is 0.439. The van der Waals surface area contributed by atoms with Crippen LogP contribution in [0.4, 0.5) is 5.69 Å². The average molecular weight is 508 g/mol. The van der Waals surface area contributed by atoms with Gasteiger partial charge in [-0.05, 0) is 107 Å². The first-order chi connectivity index (χ1) is 18.0. The summed E-state index contributed by atoms with van der Waals surface area (Å²) in [5, 5.41) is 10.7. The lowest BCUT2D eigenvalue weighted by atomic mass is 9.35. The number of carbonyl (C=O) groups is 1. The Kier molecular flexibility index (Phi) is 5.61. The van der Waals surface area contributed by atoms with Crippen molar-refractivity contribution in [3.05, 3.63) is 77.9 Å². The molecule has 196 valence electrons. The summed E-state index contributed by atoms with van der Waals surface area (Å²) in [6, 6.07) is 21.8. The van der Waals surface area contributed by atoms with E-state index in [9.17, 15) is 9.90 Å².